The van der Waals surface area contributed by atoms with Crippen molar-refractivity contribution in [3.8, 4) is 0 Å². The molecular weight excluding hydrogens is 207 g/mol. The first-order valence-electron chi connectivity index (χ1n) is 4.54. The largest absolute Gasteiger partial charge is 0.396 e. The van der Waals surface area contributed by atoms with Gasteiger partial charge in [-0.3, -0.25) is 0 Å². The fourth-order valence-electron chi connectivity index (χ4n) is 1.01. The highest BCUT2D eigenvalue weighted by Gasteiger charge is 2.10. The van der Waals surface area contributed by atoms with Gasteiger partial charge in [0.2, 0.25) is 0 Å². The predicted octanol–water partition coefficient (Wildman–Crippen LogP) is 2.14. The van der Waals surface area contributed by atoms with Crippen LogP contribution in [0.4, 0.5) is 18.9 Å². The summed E-state index contributed by atoms with van der Waals surface area (Å²) < 4.78 is 38.3. The van der Waals surface area contributed by atoms with Gasteiger partial charge in [0.1, 0.15) is 5.82 Å². The number of aliphatic hydroxyl groups excluding tert-OH is 1. The fourth-order valence-corrected chi connectivity index (χ4v) is 1.01. The highest BCUT2D eigenvalue weighted by molar-refractivity contribution is 5.45. The van der Waals surface area contributed by atoms with Crippen molar-refractivity contribution in [2.75, 3.05) is 18.5 Å². The molecule has 1 aromatic carbocycles. The number of anilines is 1. The summed E-state index contributed by atoms with van der Waals surface area (Å²) in [5, 5.41) is 11.3. The Balaban J connectivity index is 2.73. The van der Waals surface area contributed by atoms with E-state index in [0.717, 1.165) is 6.07 Å². The molecule has 2 nitrogen and oxygen atoms in total. The highest BCUT2D eigenvalue weighted by Crippen LogP contribution is 2.18. The number of benzene rings is 1. The molecule has 0 saturated heterocycles. The molecule has 84 valence electrons. The lowest BCUT2D eigenvalue weighted by Gasteiger charge is -2.11. The van der Waals surface area contributed by atoms with Crippen LogP contribution < -0.4 is 5.32 Å². The van der Waals surface area contributed by atoms with Crippen LogP contribution in [-0.4, -0.2) is 18.3 Å². The zero-order chi connectivity index (χ0) is 11.4. The number of hydrogen-bond acceptors (Lipinski definition) is 2. The minimum atomic E-state index is -1.21. The van der Waals surface area contributed by atoms with Gasteiger partial charge in [0.05, 0.1) is 5.69 Å². The molecule has 2 N–H and O–H groups in total. The fraction of sp³-hybridized carbons (Fsp3) is 0.400. The van der Waals surface area contributed by atoms with Crippen LogP contribution in [0, 0.1) is 23.4 Å². The minimum Gasteiger partial charge on any atom is -0.396 e. The SMILES string of the molecule is CC(CO)CNc1cc(F)c(F)cc1F. The van der Waals surface area contributed by atoms with Crippen LogP contribution in [0.5, 0.6) is 0 Å². The number of rotatable bonds is 4. The first-order chi connectivity index (χ1) is 7.04. The molecule has 0 aliphatic heterocycles. The van der Waals surface area contributed by atoms with Gasteiger partial charge >= 0.3 is 0 Å². The Morgan fingerprint density at radius 3 is 2.40 bits per heavy atom. The number of nitrogens with one attached hydrogen (secondary N) is 1. The van der Waals surface area contributed by atoms with Crippen LogP contribution in [-0.2, 0) is 0 Å². The monoisotopic (exact) mass is 219 g/mol. The van der Waals surface area contributed by atoms with Crippen molar-refractivity contribution in [1.29, 1.82) is 0 Å². The maximum Gasteiger partial charge on any atom is 0.161 e. The molecule has 1 unspecified atom stereocenters. The van der Waals surface area contributed by atoms with Gasteiger partial charge < -0.3 is 10.4 Å². The van der Waals surface area contributed by atoms with Crippen LogP contribution in [0.2, 0.25) is 0 Å². The third kappa shape index (κ3) is 3.13. The van der Waals surface area contributed by atoms with Crippen LogP contribution in [0.15, 0.2) is 12.1 Å². The average Bonchev–Trinajstić information content (AvgIpc) is 2.21. The van der Waals surface area contributed by atoms with E-state index in [1.165, 1.54) is 0 Å². The molecule has 0 fully saturated rings. The normalized spacial score (nSPS) is 12.6. The maximum atomic E-state index is 13.1. The molecule has 0 saturated carbocycles. The number of halogens is 3. The maximum absolute atomic E-state index is 13.1. The van der Waals surface area contributed by atoms with Crippen LogP contribution in [0.3, 0.4) is 0 Å². The smallest absolute Gasteiger partial charge is 0.161 e. The van der Waals surface area contributed by atoms with Crippen molar-refractivity contribution < 1.29 is 18.3 Å². The predicted molar refractivity (Wildman–Crippen MR) is 51.1 cm³/mol. The summed E-state index contributed by atoms with van der Waals surface area (Å²) in [5.41, 5.74) is -0.103. The van der Waals surface area contributed by atoms with E-state index < -0.39 is 17.5 Å². The Morgan fingerprint density at radius 2 is 1.80 bits per heavy atom. The lowest BCUT2D eigenvalue weighted by atomic mass is 10.2. The molecule has 1 rings (SSSR count). The van der Waals surface area contributed by atoms with E-state index in [9.17, 15) is 13.2 Å². The van der Waals surface area contributed by atoms with Gasteiger partial charge in [-0.1, -0.05) is 6.92 Å². The van der Waals surface area contributed by atoms with Gasteiger partial charge in [-0.15, -0.1) is 0 Å². The van der Waals surface area contributed by atoms with Crippen molar-refractivity contribution in [1.82, 2.24) is 0 Å². The van der Waals surface area contributed by atoms with E-state index in [4.69, 9.17) is 5.11 Å². The summed E-state index contributed by atoms with van der Waals surface area (Å²) in [6.45, 7) is 1.97. The van der Waals surface area contributed by atoms with Gasteiger partial charge in [0.15, 0.2) is 11.6 Å². The van der Waals surface area contributed by atoms with Gasteiger partial charge in [0.25, 0.3) is 0 Å². The Hall–Kier alpha value is -1.23. The van der Waals surface area contributed by atoms with Crippen molar-refractivity contribution in [2.45, 2.75) is 6.92 Å². The van der Waals surface area contributed by atoms with E-state index in [1.807, 2.05) is 0 Å². The van der Waals surface area contributed by atoms with Crippen molar-refractivity contribution in [3.63, 3.8) is 0 Å². The molecule has 1 aromatic rings. The van der Waals surface area contributed by atoms with Crippen molar-refractivity contribution >= 4 is 5.69 Å². The van der Waals surface area contributed by atoms with Crippen molar-refractivity contribution in [3.05, 3.63) is 29.6 Å². The van der Waals surface area contributed by atoms with E-state index in [0.29, 0.717) is 12.6 Å². The van der Waals surface area contributed by atoms with E-state index in [1.54, 1.807) is 6.92 Å². The van der Waals surface area contributed by atoms with E-state index in [-0.39, 0.29) is 18.2 Å². The molecule has 15 heavy (non-hydrogen) atoms. The van der Waals surface area contributed by atoms with Gasteiger partial charge in [-0.2, -0.15) is 0 Å². The molecule has 0 heterocycles. The molecule has 0 radical (unpaired) electrons. The third-order valence-electron chi connectivity index (χ3n) is 1.96. The molecule has 0 aliphatic carbocycles. The second-order valence-corrected chi connectivity index (χ2v) is 3.41. The van der Waals surface area contributed by atoms with Crippen molar-refractivity contribution in [2.24, 2.45) is 5.92 Å². The zero-order valence-corrected chi connectivity index (χ0v) is 8.23. The molecule has 0 aromatic heterocycles. The summed E-state index contributed by atoms with van der Waals surface area (Å²) in [7, 11) is 0. The van der Waals surface area contributed by atoms with Crippen LogP contribution in [0.1, 0.15) is 6.92 Å². The van der Waals surface area contributed by atoms with Gasteiger partial charge in [0, 0.05) is 25.3 Å². The minimum absolute atomic E-state index is 0.0572. The van der Waals surface area contributed by atoms with Crippen LogP contribution >= 0.6 is 0 Å². The topological polar surface area (TPSA) is 32.3 Å². The standard InChI is InChI=1S/C10H12F3NO/c1-6(5-15)4-14-10-3-8(12)7(11)2-9(10)13/h2-3,6,14-15H,4-5H2,1H3. The van der Waals surface area contributed by atoms with Gasteiger partial charge in [-0.05, 0) is 5.92 Å². The molecule has 0 amide bonds. The molecule has 5 heteroatoms. The average molecular weight is 219 g/mol. The Morgan fingerprint density at radius 1 is 1.20 bits per heavy atom. The summed E-state index contributed by atoms with van der Waals surface area (Å²) in [4.78, 5) is 0. The molecule has 0 spiro atoms. The molecule has 0 bridgehead atoms. The summed E-state index contributed by atoms with van der Waals surface area (Å²) in [6.07, 6.45) is 0. The van der Waals surface area contributed by atoms with E-state index >= 15 is 0 Å². The lowest BCUT2D eigenvalue weighted by molar-refractivity contribution is 0.244. The number of hydrogen-bond donors (Lipinski definition) is 2. The van der Waals surface area contributed by atoms with Gasteiger partial charge in [-0.25, -0.2) is 13.2 Å². The van der Waals surface area contributed by atoms with Crippen LogP contribution in [0.25, 0.3) is 0 Å². The Labute approximate surface area is 85.7 Å². The quantitative estimate of drug-likeness (QED) is 0.760. The Bertz CT molecular complexity index is 344. The second-order valence-electron chi connectivity index (χ2n) is 3.41. The summed E-state index contributed by atoms with van der Waals surface area (Å²) in [5.74, 6) is -3.25. The summed E-state index contributed by atoms with van der Waals surface area (Å²) in [6, 6.07) is 1.25. The lowest BCUT2D eigenvalue weighted by Crippen LogP contribution is -2.15. The first kappa shape index (κ1) is 11.8. The summed E-state index contributed by atoms with van der Waals surface area (Å²) >= 11 is 0. The van der Waals surface area contributed by atoms with E-state index in [2.05, 4.69) is 5.32 Å². The molecule has 1 atom stereocenters. The molecule has 0 aliphatic rings. The number of aliphatic hydroxyl groups is 1. The second kappa shape index (κ2) is 5.02. The molecular formula is C10H12F3NO. The first-order valence-corrected chi connectivity index (χ1v) is 4.54. The Kier molecular flexibility index (Phi) is 3.96. The highest BCUT2D eigenvalue weighted by atomic mass is 19.2. The third-order valence-corrected chi connectivity index (χ3v) is 1.96. The zero-order valence-electron chi connectivity index (χ0n) is 8.23.